The molecule has 0 atom stereocenters. The first-order chi connectivity index (χ1) is 15.2. The number of anilines is 1. The molecular formula is C24H29N7. The van der Waals surface area contributed by atoms with Gasteiger partial charge in [-0.05, 0) is 68.7 Å². The zero-order valence-corrected chi connectivity index (χ0v) is 18.4. The van der Waals surface area contributed by atoms with E-state index in [1.54, 1.807) is 12.4 Å². The fraction of sp³-hybridized carbons (Fsp3) is 0.333. The quantitative estimate of drug-likeness (QED) is 0.322. The van der Waals surface area contributed by atoms with E-state index in [0.717, 1.165) is 30.9 Å². The molecule has 0 amide bonds. The van der Waals surface area contributed by atoms with Crippen molar-refractivity contribution in [2.75, 3.05) is 18.0 Å². The van der Waals surface area contributed by atoms with Crippen molar-refractivity contribution in [1.29, 1.82) is 0 Å². The molecule has 160 valence electrons. The lowest BCUT2D eigenvalue weighted by Crippen LogP contribution is -2.21. The van der Waals surface area contributed by atoms with Crippen LogP contribution in [-0.2, 0) is 6.42 Å². The zero-order chi connectivity index (χ0) is 21.9. The minimum absolute atomic E-state index is 0.289. The molecule has 0 aliphatic rings. The normalized spacial score (nSPS) is 11.5. The Morgan fingerprint density at radius 1 is 0.677 bits per heavy atom. The van der Waals surface area contributed by atoms with Crippen molar-refractivity contribution in [2.24, 2.45) is 20.5 Å². The highest BCUT2D eigenvalue weighted by atomic mass is 15.2. The van der Waals surface area contributed by atoms with Crippen LogP contribution in [-0.4, -0.2) is 23.1 Å². The molecule has 1 aromatic heterocycles. The molecule has 2 aromatic carbocycles. The smallest absolute Gasteiger partial charge is 0.268 e. The number of aryl methyl sites for hydroxylation is 1. The van der Waals surface area contributed by atoms with Gasteiger partial charge in [-0.15, -0.1) is 15.3 Å². The van der Waals surface area contributed by atoms with Gasteiger partial charge in [-0.1, -0.05) is 25.5 Å². The summed E-state index contributed by atoms with van der Waals surface area (Å²) < 4.78 is 0. The summed E-state index contributed by atoms with van der Waals surface area (Å²) >= 11 is 0. The maximum absolute atomic E-state index is 4.25. The lowest BCUT2D eigenvalue weighted by Gasteiger charge is -2.20. The summed E-state index contributed by atoms with van der Waals surface area (Å²) in [7, 11) is 0. The number of nitrogens with zero attached hydrogens (tertiary/aromatic N) is 7. The topological polar surface area (TPSA) is 78.5 Å². The maximum atomic E-state index is 4.25. The summed E-state index contributed by atoms with van der Waals surface area (Å²) in [5.41, 5.74) is 4.61. The van der Waals surface area contributed by atoms with Gasteiger partial charge < -0.3 is 4.90 Å². The van der Waals surface area contributed by atoms with E-state index in [1.165, 1.54) is 24.1 Å². The van der Waals surface area contributed by atoms with Gasteiger partial charge in [-0.2, -0.15) is 5.11 Å². The van der Waals surface area contributed by atoms with Crippen LogP contribution in [0.3, 0.4) is 0 Å². The molecule has 1 heterocycles. The Kier molecular flexibility index (Phi) is 8.34. The summed E-state index contributed by atoms with van der Waals surface area (Å²) in [5.74, 6) is 0.289. The van der Waals surface area contributed by atoms with E-state index in [-0.39, 0.29) is 5.95 Å². The van der Waals surface area contributed by atoms with Crippen molar-refractivity contribution in [3.05, 3.63) is 66.5 Å². The molecule has 0 unspecified atom stereocenters. The molecule has 0 saturated heterocycles. The molecule has 0 bridgehead atoms. The molecule has 7 heteroatoms. The zero-order valence-electron chi connectivity index (χ0n) is 18.4. The number of hydrogen-bond acceptors (Lipinski definition) is 7. The van der Waals surface area contributed by atoms with E-state index >= 15 is 0 Å². The monoisotopic (exact) mass is 415 g/mol. The molecule has 0 saturated carbocycles. The van der Waals surface area contributed by atoms with Gasteiger partial charge in [0.2, 0.25) is 0 Å². The van der Waals surface area contributed by atoms with Gasteiger partial charge in [0.1, 0.15) is 5.69 Å². The Morgan fingerprint density at radius 2 is 1.23 bits per heavy atom. The van der Waals surface area contributed by atoms with Crippen molar-refractivity contribution in [3.63, 3.8) is 0 Å². The summed E-state index contributed by atoms with van der Waals surface area (Å²) in [6.07, 6.45) is 6.65. The highest BCUT2D eigenvalue weighted by Crippen LogP contribution is 2.22. The molecule has 0 radical (unpaired) electrons. The van der Waals surface area contributed by atoms with Gasteiger partial charge in [0, 0.05) is 18.8 Å². The second kappa shape index (κ2) is 11.6. The fourth-order valence-electron chi connectivity index (χ4n) is 3.06. The minimum atomic E-state index is 0.289. The van der Waals surface area contributed by atoms with Crippen LogP contribution >= 0.6 is 0 Å². The van der Waals surface area contributed by atoms with Gasteiger partial charge in [0.15, 0.2) is 0 Å². The number of rotatable bonds is 10. The standard InChI is InChI=1S/C24H29N7/c1-4-7-8-19-9-11-20(12-10-19)28-30-24-25-17-22(18-26-24)29-27-21-13-15-23(16-14-21)31(5-2)6-3/h9-18H,4-8H2,1-3H3. The largest absolute Gasteiger partial charge is 0.372 e. The maximum Gasteiger partial charge on any atom is 0.268 e. The first-order valence-corrected chi connectivity index (χ1v) is 10.8. The average Bonchev–Trinajstić information content (AvgIpc) is 2.83. The van der Waals surface area contributed by atoms with Gasteiger partial charge in [-0.3, -0.25) is 0 Å². The second-order valence-corrected chi connectivity index (χ2v) is 7.10. The van der Waals surface area contributed by atoms with Crippen molar-refractivity contribution in [3.8, 4) is 0 Å². The Hall–Kier alpha value is -3.48. The average molecular weight is 416 g/mol. The van der Waals surface area contributed by atoms with Crippen LogP contribution in [0, 0.1) is 0 Å². The molecule has 0 aliphatic carbocycles. The summed E-state index contributed by atoms with van der Waals surface area (Å²) in [5, 5.41) is 16.7. The third-order valence-corrected chi connectivity index (χ3v) is 4.89. The highest BCUT2D eigenvalue weighted by Gasteiger charge is 2.01. The highest BCUT2D eigenvalue weighted by molar-refractivity contribution is 5.52. The van der Waals surface area contributed by atoms with Crippen LogP contribution in [0.15, 0.2) is 81.4 Å². The van der Waals surface area contributed by atoms with Crippen LogP contribution in [0.2, 0.25) is 0 Å². The fourth-order valence-corrected chi connectivity index (χ4v) is 3.06. The van der Waals surface area contributed by atoms with Gasteiger partial charge >= 0.3 is 0 Å². The van der Waals surface area contributed by atoms with Crippen molar-refractivity contribution >= 4 is 28.7 Å². The molecule has 31 heavy (non-hydrogen) atoms. The second-order valence-electron chi connectivity index (χ2n) is 7.10. The lowest BCUT2D eigenvalue weighted by atomic mass is 10.1. The van der Waals surface area contributed by atoms with Crippen molar-refractivity contribution in [1.82, 2.24) is 9.97 Å². The number of aromatic nitrogens is 2. The minimum Gasteiger partial charge on any atom is -0.372 e. The third kappa shape index (κ3) is 6.77. The molecule has 0 fully saturated rings. The van der Waals surface area contributed by atoms with Crippen LogP contribution in [0.1, 0.15) is 39.2 Å². The predicted molar refractivity (Wildman–Crippen MR) is 125 cm³/mol. The third-order valence-electron chi connectivity index (χ3n) is 4.89. The van der Waals surface area contributed by atoms with Crippen molar-refractivity contribution < 1.29 is 0 Å². The first-order valence-electron chi connectivity index (χ1n) is 10.8. The van der Waals surface area contributed by atoms with Crippen LogP contribution < -0.4 is 4.90 Å². The van der Waals surface area contributed by atoms with E-state index in [0.29, 0.717) is 5.69 Å². The molecular weight excluding hydrogens is 386 g/mol. The van der Waals surface area contributed by atoms with Crippen LogP contribution in [0.25, 0.3) is 0 Å². The lowest BCUT2D eigenvalue weighted by molar-refractivity contribution is 0.795. The van der Waals surface area contributed by atoms with Gasteiger partial charge in [0.05, 0.1) is 23.8 Å². The van der Waals surface area contributed by atoms with E-state index in [1.807, 2.05) is 24.3 Å². The predicted octanol–water partition coefficient (Wildman–Crippen LogP) is 7.50. The molecule has 3 rings (SSSR count). The molecule has 0 aliphatic heterocycles. The molecule has 0 N–H and O–H groups in total. The number of unbranched alkanes of at least 4 members (excludes halogenated alkanes) is 1. The van der Waals surface area contributed by atoms with Crippen LogP contribution in [0.5, 0.6) is 0 Å². The Labute approximate surface area is 184 Å². The summed E-state index contributed by atoms with van der Waals surface area (Å²) in [6, 6.07) is 16.1. The summed E-state index contributed by atoms with van der Waals surface area (Å²) in [4.78, 5) is 10.7. The number of azo groups is 2. The number of hydrogen-bond donors (Lipinski definition) is 0. The molecule has 3 aromatic rings. The molecule has 0 spiro atoms. The van der Waals surface area contributed by atoms with Gasteiger partial charge in [-0.25, -0.2) is 9.97 Å². The van der Waals surface area contributed by atoms with E-state index in [9.17, 15) is 0 Å². The SMILES string of the molecule is CCCCc1ccc(N=Nc2ncc(N=Nc3ccc(N(CC)CC)cc3)cn2)cc1. The van der Waals surface area contributed by atoms with Crippen molar-refractivity contribution in [2.45, 2.75) is 40.0 Å². The van der Waals surface area contributed by atoms with Crippen LogP contribution in [0.4, 0.5) is 28.7 Å². The number of benzene rings is 2. The molecule has 7 nitrogen and oxygen atoms in total. The van der Waals surface area contributed by atoms with E-state index in [2.05, 4.69) is 80.4 Å². The Bertz CT molecular complexity index is 974. The van der Waals surface area contributed by atoms with Gasteiger partial charge in [0.25, 0.3) is 5.95 Å². The summed E-state index contributed by atoms with van der Waals surface area (Å²) in [6.45, 7) is 8.43. The Balaban J connectivity index is 1.58. The first kappa shape index (κ1) is 22.2. The Morgan fingerprint density at radius 3 is 1.81 bits per heavy atom. The van der Waals surface area contributed by atoms with E-state index in [4.69, 9.17) is 0 Å². The van der Waals surface area contributed by atoms with E-state index < -0.39 is 0 Å².